The molecule has 18 heavy (non-hydrogen) atoms. The van der Waals surface area contributed by atoms with Crippen LogP contribution in [0.2, 0.25) is 0 Å². The first-order valence-electron chi connectivity index (χ1n) is 4.80. The molecule has 100 valence electrons. The summed E-state index contributed by atoms with van der Waals surface area (Å²) < 4.78 is 36.3. The van der Waals surface area contributed by atoms with E-state index in [1.807, 2.05) is 0 Å². The van der Waals surface area contributed by atoms with Gasteiger partial charge >= 0.3 is 6.18 Å². The van der Waals surface area contributed by atoms with Crippen LogP contribution in [0.4, 0.5) is 19.0 Å². The Bertz CT molecular complexity index is 438. The second kappa shape index (κ2) is 6.01. The first kappa shape index (κ1) is 14.7. The van der Waals surface area contributed by atoms with Gasteiger partial charge in [-0.05, 0) is 22.0 Å². The number of aromatic nitrogens is 1. The number of rotatable bonds is 4. The molecule has 0 aliphatic rings. The molecule has 0 aliphatic heterocycles. The van der Waals surface area contributed by atoms with Gasteiger partial charge in [0.05, 0.1) is 12.0 Å². The quantitative estimate of drug-likeness (QED) is 0.582. The molecule has 0 fully saturated rings. The molecule has 9 heteroatoms. The molecule has 0 aromatic carbocycles. The van der Waals surface area contributed by atoms with Crippen LogP contribution in [-0.2, 0) is 0 Å². The predicted molar refractivity (Wildman–Crippen MR) is 62.8 cm³/mol. The number of nitrogens with one attached hydrogen (secondary N) is 2. The van der Waals surface area contributed by atoms with Crippen molar-refractivity contribution in [3.63, 3.8) is 0 Å². The van der Waals surface area contributed by atoms with Crippen molar-refractivity contribution in [2.24, 2.45) is 5.84 Å². The number of nitrogens with two attached hydrogens (primary N) is 1. The van der Waals surface area contributed by atoms with E-state index in [4.69, 9.17) is 5.84 Å². The van der Waals surface area contributed by atoms with Gasteiger partial charge in [0, 0.05) is 17.2 Å². The third kappa shape index (κ3) is 4.49. The number of hydrogen-bond donors (Lipinski definition) is 3. The van der Waals surface area contributed by atoms with E-state index in [-0.39, 0.29) is 11.4 Å². The maximum Gasteiger partial charge on any atom is 0.390 e. The summed E-state index contributed by atoms with van der Waals surface area (Å²) in [6.45, 7) is -0.501. The average Bonchev–Trinajstić information content (AvgIpc) is 2.27. The third-order valence-electron chi connectivity index (χ3n) is 1.93. The van der Waals surface area contributed by atoms with Crippen LogP contribution in [0.5, 0.6) is 0 Å². The van der Waals surface area contributed by atoms with Gasteiger partial charge in [-0.2, -0.15) is 13.2 Å². The molecule has 0 atom stereocenters. The number of carbonyl (C=O) groups is 1. The lowest BCUT2D eigenvalue weighted by molar-refractivity contribution is -0.132. The topological polar surface area (TPSA) is 80.0 Å². The van der Waals surface area contributed by atoms with Crippen LogP contribution in [0.3, 0.4) is 0 Å². The average molecular weight is 327 g/mol. The normalized spacial score (nSPS) is 11.2. The smallest absolute Gasteiger partial charge is 0.352 e. The van der Waals surface area contributed by atoms with E-state index >= 15 is 0 Å². The highest BCUT2D eigenvalue weighted by Crippen LogP contribution is 2.19. The second-order valence-corrected chi connectivity index (χ2v) is 4.23. The summed E-state index contributed by atoms with van der Waals surface area (Å²) >= 11 is 3.10. The van der Waals surface area contributed by atoms with Gasteiger partial charge in [-0.1, -0.05) is 0 Å². The highest BCUT2D eigenvalue weighted by Gasteiger charge is 2.26. The number of alkyl halides is 3. The number of amides is 1. The van der Waals surface area contributed by atoms with E-state index in [1.165, 1.54) is 12.3 Å². The molecule has 1 aromatic heterocycles. The fraction of sp³-hybridized carbons (Fsp3) is 0.333. The molecule has 0 spiro atoms. The lowest BCUT2D eigenvalue weighted by atomic mass is 10.2. The Morgan fingerprint density at radius 2 is 2.17 bits per heavy atom. The van der Waals surface area contributed by atoms with Crippen LogP contribution in [0.25, 0.3) is 0 Å². The van der Waals surface area contributed by atoms with Gasteiger partial charge in [0.1, 0.15) is 0 Å². The fourth-order valence-electron chi connectivity index (χ4n) is 1.14. The van der Waals surface area contributed by atoms with Crippen LogP contribution in [0.1, 0.15) is 16.8 Å². The molecule has 0 saturated heterocycles. The number of nitrogens with zero attached hydrogens (tertiary/aromatic N) is 1. The Hall–Kier alpha value is -1.35. The Kier molecular flexibility index (Phi) is 4.91. The number of pyridine rings is 1. The summed E-state index contributed by atoms with van der Waals surface area (Å²) in [4.78, 5) is 15.4. The van der Waals surface area contributed by atoms with E-state index in [0.717, 1.165) is 0 Å². The lowest BCUT2D eigenvalue weighted by Gasteiger charge is -2.10. The summed E-state index contributed by atoms with van der Waals surface area (Å²) in [5.41, 5.74) is 2.26. The van der Waals surface area contributed by atoms with E-state index in [2.05, 4.69) is 31.7 Å². The zero-order valence-corrected chi connectivity index (χ0v) is 10.6. The summed E-state index contributed by atoms with van der Waals surface area (Å²) in [6, 6.07) is 1.41. The van der Waals surface area contributed by atoms with Crippen LogP contribution >= 0.6 is 15.9 Å². The monoisotopic (exact) mass is 326 g/mol. The second-order valence-electron chi connectivity index (χ2n) is 3.32. The Morgan fingerprint density at radius 3 is 2.72 bits per heavy atom. The molecule has 1 heterocycles. The fourth-order valence-corrected chi connectivity index (χ4v) is 1.47. The number of hydrazine groups is 1. The maximum absolute atomic E-state index is 11.9. The molecule has 1 amide bonds. The molecule has 1 rings (SSSR count). The molecule has 0 unspecified atom stereocenters. The largest absolute Gasteiger partial charge is 0.390 e. The van der Waals surface area contributed by atoms with Crippen LogP contribution < -0.4 is 16.6 Å². The first-order chi connectivity index (χ1) is 8.33. The molecule has 0 radical (unpaired) electrons. The van der Waals surface area contributed by atoms with Crippen LogP contribution in [0.15, 0.2) is 16.7 Å². The van der Waals surface area contributed by atoms with Crippen molar-refractivity contribution in [2.45, 2.75) is 12.6 Å². The number of nitrogen functional groups attached to an aromatic ring is 1. The lowest BCUT2D eigenvalue weighted by Crippen LogP contribution is -2.29. The van der Waals surface area contributed by atoms with Crippen LogP contribution in [-0.4, -0.2) is 23.6 Å². The summed E-state index contributed by atoms with van der Waals surface area (Å²) in [5, 5.41) is 2.14. The minimum atomic E-state index is -4.31. The van der Waals surface area contributed by atoms with Gasteiger partial charge in [-0.25, -0.2) is 10.8 Å². The summed E-state index contributed by atoms with van der Waals surface area (Å²) in [6.07, 6.45) is -4.00. The van der Waals surface area contributed by atoms with Crippen LogP contribution in [0, 0.1) is 0 Å². The van der Waals surface area contributed by atoms with Crippen molar-refractivity contribution >= 4 is 27.7 Å². The highest BCUT2D eigenvalue weighted by molar-refractivity contribution is 9.10. The number of halogens is 4. The van der Waals surface area contributed by atoms with Gasteiger partial charge < -0.3 is 10.7 Å². The Morgan fingerprint density at radius 1 is 1.50 bits per heavy atom. The number of carbonyl (C=O) groups excluding carboxylic acids is 1. The molecule has 4 N–H and O–H groups in total. The van der Waals surface area contributed by atoms with Gasteiger partial charge in [-0.3, -0.25) is 4.79 Å². The third-order valence-corrected chi connectivity index (χ3v) is 2.36. The minimum absolute atomic E-state index is 0.0639. The van der Waals surface area contributed by atoms with E-state index < -0.39 is 25.0 Å². The molecular formula is C9H10BrF3N4O. The molecule has 0 aliphatic carbocycles. The van der Waals surface area contributed by atoms with Gasteiger partial charge in [0.25, 0.3) is 5.91 Å². The van der Waals surface area contributed by atoms with Crippen molar-refractivity contribution in [3.8, 4) is 0 Å². The number of anilines is 1. The zero-order valence-electron chi connectivity index (χ0n) is 9.01. The van der Waals surface area contributed by atoms with Crippen molar-refractivity contribution in [3.05, 3.63) is 22.3 Å². The number of hydrogen-bond acceptors (Lipinski definition) is 4. The molecule has 5 nitrogen and oxygen atoms in total. The molecule has 0 bridgehead atoms. The highest BCUT2D eigenvalue weighted by atomic mass is 79.9. The van der Waals surface area contributed by atoms with Crippen molar-refractivity contribution < 1.29 is 18.0 Å². The zero-order chi connectivity index (χ0) is 13.8. The van der Waals surface area contributed by atoms with Gasteiger partial charge in [0.2, 0.25) is 0 Å². The molecule has 1 aromatic rings. The van der Waals surface area contributed by atoms with E-state index in [1.54, 1.807) is 0 Å². The summed E-state index contributed by atoms with van der Waals surface area (Å²) in [7, 11) is 0. The van der Waals surface area contributed by atoms with E-state index in [9.17, 15) is 18.0 Å². The van der Waals surface area contributed by atoms with Gasteiger partial charge in [0.15, 0.2) is 5.82 Å². The summed E-state index contributed by atoms with van der Waals surface area (Å²) in [5.74, 6) is 4.55. The Balaban J connectivity index is 2.69. The molecule has 0 saturated carbocycles. The van der Waals surface area contributed by atoms with Crippen molar-refractivity contribution in [1.82, 2.24) is 10.3 Å². The minimum Gasteiger partial charge on any atom is -0.352 e. The molecular weight excluding hydrogens is 317 g/mol. The maximum atomic E-state index is 11.9. The first-order valence-corrected chi connectivity index (χ1v) is 5.60. The SMILES string of the molecule is NNc1ncc(Br)cc1C(=O)NCCC(F)(F)F. The predicted octanol–water partition coefficient (Wildman–Crippen LogP) is 1.81. The van der Waals surface area contributed by atoms with Gasteiger partial charge in [-0.15, -0.1) is 0 Å². The standard InChI is InChI=1S/C9H10BrF3N4O/c10-5-3-6(7(17-14)16-4-5)8(18)15-2-1-9(11,12)13/h3-4H,1-2,14H2,(H,15,18)(H,16,17). The van der Waals surface area contributed by atoms with E-state index in [0.29, 0.717) is 4.47 Å². The van der Waals surface area contributed by atoms with Crippen molar-refractivity contribution in [1.29, 1.82) is 0 Å². The Labute approximate surface area is 109 Å². The van der Waals surface area contributed by atoms with Crippen molar-refractivity contribution in [2.75, 3.05) is 12.0 Å².